The van der Waals surface area contributed by atoms with Gasteiger partial charge in [0, 0.05) is 23.7 Å². The van der Waals surface area contributed by atoms with Gasteiger partial charge in [-0.25, -0.2) is 13.1 Å². The van der Waals surface area contributed by atoms with Crippen LogP contribution in [0.3, 0.4) is 0 Å². The molecule has 0 amide bonds. The molecule has 1 aliphatic carbocycles. The van der Waals surface area contributed by atoms with Crippen molar-refractivity contribution in [1.29, 1.82) is 0 Å². The minimum atomic E-state index is -3.55. The number of sulfonamides is 1. The smallest absolute Gasteiger partial charge is 0.258 e. The summed E-state index contributed by atoms with van der Waals surface area (Å²) in [7, 11) is -3.55. The van der Waals surface area contributed by atoms with Crippen LogP contribution in [0.25, 0.3) is 0 Å². The van der Waals surface area contributed by atoms with Crippen molar-refractivity contribution in [2.45, 2.75) is 69.6 Å². The number of nitrogens with zero attached hydrogens (tertiary/aromatic N) is 1. The average Bonchev–Trinajstić information content (AvgIpc) is 2.94. The van der Waals surface area contributed by atoms with Gasteiger partial charge in [0.1, 0.15) is 0 Å². The van der Waals surface area contributed by atoms with Crippen LogP contribution in [0.5, 0.6) is 0 Å². The van der Waals surface area contributed by atoms with Gasteiger partial charge in [0.25, 0.3) is 10.0 Å². The minimum Gasteiger partial charge on any atom is -0.310 e. The van der Waals surface area contributed by atoms with E-state index in [9.17, 15) is 8.42 Å². The number of hydrogen-bond donors (Lipinski definition) is 3. The number of hydrogen-bond acceptors (Lipinski definition) is 4. The number of aromatic nitrogens is 2. The fourth-order valence-corrected chi connectivity index (χ4v) is 4.20. The van der Waals surface area contributed by atoms with Crippen molar-refractivity contribution < 1.29 is 8.42 Å². The van der Waals surface area contributed by atoms with Gasteiger partial charge < -0.3 is 5.32 Å². The lowest BCUT2D eigenvalue weighted by atomic mass is 10.0. The Balaban J connectivity index is 2.15. The molecule has 114 valence electrons. The maximum atomic E-state index is 12.5. The molecule has 0 radical (unpaired) electrons. The van der Waals surface area contributed by atoms with Crippen LogP contribution in [0, 0.1) is 0 Å². The predicted molar refractivity (Wildman–Crippen MR) is 77.8 cm³/mol. The first-order valence-corrected chi connectivity index (χ1v) is 8.60. The Bertz CT molecular complexity index is 544. The summed E-state index contributed by atoms with van der Waals surface area (Å²) in [6.45, 7) is 6.50. The minimum absolute atomic E-state index is 0.179. The molecule has 7 heteroatoms. The molecule has 0 aliphatic heterocycles. The molecule has 0 unspecified atom stereocenters. The standard InChI is InChI=1S/C13H24N4O2S/c1-10(2)14-8-11-9-15-16-12(11)20(18,19)17-13(3)6-4-5-7-13/h9-10,14,17H,4-8H2,1-3H3,(H,15,16). The Kier molecular flexibility index (Phi) is 4.51. The Morgan fingerprint density at radius 3 is 2.65 bits per heavy atom. The average molecular weight is 300 g/mol. The lowest BCUT2D eigenvalue weighted by Gasteiger charge is -2.24. The van der Waals surface area contributed by atoms with Gasteiger partial charge in [0.05, 0.1) is 6.20 Å². The highest BCUT2D eigenvalue weighted by Gasteiger charge is 2.35. The molecule has 1 heterocycles. The quantitative estimate of drug-likeness (QED) is 0.743. The third-order valence-electron chi connectivity index (χ3n) is 3.74. The van der Waals surface area contributed by atoms with Crippen LogP contribution in [0.4, 0.5) is 0 Å². The first-order chi connectivity index (χ1) is 9.32. The SMILES string of the molecule is CC(C)NCc1cn[nH]c1S(=O)(=O)NC1(C)CCCC1. The van der Waals surface area contributed by atoms with E-state index < -0.39 is 10.0 Å². The van der Waals surface area contributed by atoms with Crippen LogP contribution in [-0.4, -0.2) is 30.2 Å². The Morgan fingerprint density at radius 2 is 2.05 bits per heavy atom. The van der Waals surface area contributed by atoms with Crippen LogP contribution in [-0.2, 0) is 16.6 Å². The molecular formula is C13H24N4O2S. The Labute approximate surface area is 120 Å². The maximum absolute atomic E-state index is 12.5. The normalized spacial score (nSPS) is 18.8. The van der Waals surface area contributed by atoms with Crippen LogP contribution in [0.15, 0.2) is 11.2 Å². The fourth-order valence-electron chi connectivity index (χ4n) is 2.60. The van der Waals surface area contributed by atoms with E-state index in [1.165, 1.54) is 0 Å². The first-order valence-electron chi connectivity index (χ1n) is 7.12. The largest absolute Gasteiger partial charge is 0.310 e. The third-order valence-corrected chi connectivity index (χ3v) is 5.39. The molecule has 1 aromatic rings. The van der Waals surface area contributed by atoms with Crippen LogP contribution in [0.1, 0.15) is 52.0 Å². The lowest BCUT2D eigenvalue weighted by molar-refractivity contribution is 0.426. The van der Waals surface area contributed by atoms with Gasteiger partial charge in [0.2, 0.25) is 0 Å². The summed E-state index contributed by atoms with van der Waals surface area (Å²) in [5.41, 5.74) is 0.347. The Hall–Kier alpha value is -0.920. The molecule has 2 rings (SSSR count). The number of nitrogens with one attached hydrogen (secondary N) is 3. The predicted octanol–water partition coefficient (Wildman–Crippen LogP) is 1.52. The van der Waals surface area contributed by atoms with E-state index in [2.05, 4.69) is 20.2 Å². The third kappa shape index (κ3) is 3.59. The van der Waals surface area contributed by atoms with Crippen molar-refractivity contribution in [2.24, 2.45) is 0 Å². The number of aromatic amines is 1. The molecule has 1 aromatic heterocycles. The van der Waals surface area contributed by atoms with E-state index in [0.29, 0.717) is 18.2 Å². The summed E-state index contributed by atoms with van der Waals surface area (Å²) in [5.74, 6) is 0. The summed E-state index contributed by atoms with van der Waals surface area (Å²) in [4.78, 5) is 0. The second-order valence-corrected chi connectivity index (χ2v) is 7.75. The molecule has 20 heavy (non-hydrogen) atoms. The van der Waals surface area contributed by atoms with Crippen LogP contribution in [0.2, 0.25) is 0 Å². The molecule has 0 atom stereocenters. The van der Waals surface area contributed by atoms with Crippen molar-refractivity contribution in [3.05, 3.63) is 11.8 Å². The maximum Gasteiger partial charge on any atom is 0.258 e. The van der Waals surface area contributed by atoms with Gasteiger partial charge in [-0.05, 0) is 19.8 Å². The fraction of sp³-hybridized carbons (Fsp3) is 0.769. The second kappa shape index (κ2) is 5.83. The zero-order valence-corrected chi connectivity index (χ0v) is 13.2. The zero-order chi connectivity index (χ0) is 14.8. The van der Waals surface area contributed by atoms with Gasteiger partial charge in [-0.2, -0.15) is 5.10 Å². The summed E-state index contributed by atoms with van der Waals surface area (Å²) in [6, 6.07) is 0.292. The summed E-state index contributed by atoms with van der Waals surface area (Å²) < 4.78 is 27.9. The first kappa shape index (κ1) is 15.5. The van der Waals surface area contributed by atoms with E-state index in [-0.39, 0.29) is 10.6 Å². The van der Waals surface area contributed by atoms with Gasteiger partial charge in [-0.1, -0.05) is 26.7 Å². The Morgan fingerprint density at radius 1 is 1.40 bits per heavy atom. The van der Waals surface area contributed by atoms with Crippen molar-refractivity contribution in [1.82, 2.24) is 20.2 Å². The van der Waals surface area contributed by atoms with Gasteiger partial charge in [-0.3, -0.25) is 5.10 Å². The van der Waals surface area contributed by atoms with E-state index in [1.54, 1.807) is 6.20 Å². The van der Waals surface area contributed by atoms with E-state index in [1.807, 2.05) is 20.8 Å². The molecule has 6 nitrogen and oxygen atoms in total. The van der Waals surface area contributed by atoms with Crippen molar-refractivity contribution >= 4 is 10.0 Å². The topological polar surface area (TPSA) is 86.9 Å². The van der Waals surface area contributed by atoms with Crippen molar-refractivity contribution in [3.63, 3.8) is 0 Å². The van der Waals surface area contributed by atoms with Gasteiger partial charge >= 0.3 is 0 Å². The van der Waals surface area contributed by atoms with E-state index in [4.69, 9.17) is 0 Å². The molecule has 1 saturated carbocycles. The number of rotatable bonds is 6. The number of H-pyrrole nitrogens is 1. The molecule has 3 N–H and O–H groups in total. The molecule has 0 aromatic carbocycles. The van der Waals surface area contributed by atoms with Gasteiger partial charge in [0.15, 0.2) is 5.03 Å². The summed E-state index contributed by atoms with van der Waals surface area (Å²) >= 11 is 0. The molecule has 0 spiro atoms. The van der Waals surface area contributed by atoms with Crippen molar-refractivity contribution in [3.8, 4) is 0 Å². The van der Waals surface area contributed by atoms with E-state index in [0.717, 1.165) is 25.7 Å². The van der Waals surface area contributed by atoms with E-state index >= 15 is 0 Å². The lowest BCUT2D eigenvalue weighted by Crippen LogP contribution is -2.44. The molecule has 1 fully saturated rings. The van der Waals surface area contributed by atoms with Crippen molar-refractivity contribution in [2.75, 3.05) is 0 Å². The summed E-state index contributed by atoms with van der Waals surface area (Å²) in [6.07, 6.45) is 5.49. The second-order valence-electron chi connectivity index (χ2n) is 6.13. The highest BCUT2D eigenvalue weighted by atomic mass is 32.2. The molecule has 1 aliphatic rings. The van der Waals surface area contributed by atoms with Crippen LogP contribution < -0.4 is 10.0 Å². The van der Waals surface area contributed by atoms with Gasteiger partial charge in [-0.15, -0.1) is 0 Å². The monoisotopic (exact) mass is 300 g/mol. The summed E-state index contributed by atoms with van der Waals surface area (Å²) in [5, 5.41) is 9.89. The highest BCUT2D eigenvalue weighted by molar-refractivity contribution is 7.89. The highest BCUT2D eigenvalue weighted by Crippen LogP contribution is 2.30. The zero-order valence-electron chi connectivity index (χ0n) is 12.4. The molecule has 0 bridgehead atoms. The molecular weight excluding hydrogens is 276 g/mol. The van der Waals surface area contributed by atoms with Crippen LogP contribution >= 0.6 is 0 Å². The molecule has 0 saturated heterocycles.